The van der Waals surface area contributed by atoms with Gasteiger partial charge >= 0.3 is 5.97 Å². The summed E-state index contributed by atoms with van der Waals surface area (Å²) in [4.78, 5) is 23.1. The molecule has 0 fully saturated rings. The molecule has 21 heavy (non-hydrogen) atoms. The summed E-state index contributed by atoms with van der Waals surface area (Å²) in [6.07, 6.45) is 1.42. The number of carbonyl (C=O) groups is 2. The predicted octanol–water partition coefficient (Wildman–Crippen LogP) is 1.79. The largest absolute Gasteiger partial charge is 0.460 e. The van der Waals surface area contributed by atoms with Gasteiger partial charge in [0.15, 0.2) is 0 Å². The number of amides is 1. The monoisotopic (exact) mass is 314 g/mol. The third-order valence-corrected chi connectivity index (χ3v) is 2.78. The summed E-state index contributed by atoms with van der Waals surface area (Å²) in [6.45, 7) is 2.83. The average Bonchev–Trinajstić information content (AvgIpc) is 2.49. The van der Waals surface area contributed by atoms with Crippen LogP contribution < -0.4 is 11.1 Å². The van der Waals surface area contributed by atoms with Gasteiger partial charge in [-0.15, -0.1) is 12.4 Å². The lowest BCUT2D eigenvalue weighted by atomic mass is 10.1. The Bertz CT molecular complexity index is 426. The van der Waals surface area contributed by atoms with Gasteiger partial charge in [-0.1, -0.05) is 37.3 Å². The number of hydrogen-bond acceptors (Lipinski definition) is 4. The molecule has 1 amide bonds. The Labute approximate surface area is 131 Å². The van der Waals surface area contributed by atoms with Gasteiger partial charge in [-0.05, 0) is 18.4 Å². The van der Waals surface area contributed by atoms with E-state index < -0.39 is 12.0 Å². The van der Waals surface area contributed by atoms with Crippen molar-refractivity contribution in [3.8, 4) is 0 Å². The van der Waals surface area contributed by atoms with Crippen LogP contribution in [-0.4, -0.2) is 24.5 Å². The highest BCUT2D eigenvalue weighted by atomic mass is 35.5. The van der Waals surface area contributed by atoms with Crippen LogP contribution in [0, 0.1) is 0 Å². The number of ether oxygens (including phenoxy) is 1. The molecule has 0 spiro atoms. The van der Waals surface area contributed by atoms with Crippen LogP contribution in [0.1, 0.15) is 31.7 Å². The van der Waals surface area contributed by atoms with Gasteiger partial charge in [-0.25, -0.2) is 0 Å². The van der Waals surface area contributed by atoms with Gasteiger partial charge in [0.05, 0.1) is 0 Å². The number of nitrogens with two attached hydrogens (primary N) is 1. The third kappa shape index (κ3) is 8.32. The number of hydrogen-bond donors (Lipinski definition) is 2. The van der Waals surface area contributed by atoms with E-state index in [9.17, 15) is 9.59 Å². The van der Waals surface area contributed by atoms with Crippen molar-refractivity contribution in [3.05, 3.63) is 35.9 Å². The maximum atomic E-state index is 11.7. The second kappa shape index (κ2) is 11.1. The zero-order valence-corrected chi connectivity index (χ0v) is 13.0. The van der Waals surface area contributed by atoms with E-state index in [1.165, 1.54) is 0 Å². The van der Waals surface area contributed by atoms with Crippen molar-refractivity contribution in [1.82, 2.24) is 5.32 Å². The summed E-state index contributed by atoms with van der Waals surface area (Å²) in [5.41, 5.74) is 6.61. The third-order valence-electron chi connectivity index (χ3n) is 2.78. The Morgan fingerprint density at radius 1 is 1.29 bits per heavy atom. The highest BCUT2D eigenvalue weighted by Crippen LogP contribution is 2.03. The second-order valence-corrected chi connectivity index (χ2v) is 4.59. The zero-order chi connectivity index (χ0) is 14.8. The number of benzene rings is 1. The molecule has 6 heteroatoms. The van der Waals surface area contributed by atoms with Gasteiger partial charge in [0.25, 0.3) is 0 Å². The Morgan fingerprint density at radius 2 is 1.95 bits per heavy atom. The molecule has 5 nitrogen and oxygen atoms in total. The summed E-state index contributed by atoms with van der Waals surface area (Å²) in [5, 5.41) is 2.74. The van der Waals surface area contributed by atoms with Crippen molar-refractivity contribution < 1.29 is 14.3 Å². The molecule has 118 valence electrons. The molecule has 0 aliphatic rings. The van der Waals surface area contributed by atoms with Crippen LogP contribution in [-0.2, 0) is 20.9 Å². The number of carbonyl (C=O) groups excluding carboxylic acids is 2. The van der Waals surface area contributed by atoms with Gasteiger partial charge in [0, 0.05) is 13.0 Å². The first-order valence-corrected chi connectivity index (χ1v) is 6.86. The van der Waals surface area contributed by atoms with Crippen LogP contribution in [0.5, 0.6) is 0 Å². The smallest absolute Gasteiger partial charge is 0.323 e. The molecule has 0 aromatic heterocycles. The summed E-state index contributed by atoms with van der Waals surface area (Å²) >= 11 is 0. The average molecular weight is 315 g/mol. The highest BCUT2D eigenvalue weighted by Gasteiger charge is 2.16. The predicted molar refractivity (Wildman–Crippen MR) is 84.0 cm³/mol. The Kier molecular flexibility index (Phi) is 10.3. The minimum Gasteiger partial charge on any atom is -0.460 e. The van der Waals surface area contributed by atoms with Crippen LogP contribution in [0.4, 0.5) is 0 Å². The van der Waals surface area contributed by atoms with Crippen molar-refractivity contribution >= 4 is 24.3 Å². The van der Waals surface area contributed by atoms with E-state index >= 15 is 0 Å². The normalized spacial score (nSPS) is 11.1. The quantitative estimate of drug-likeness (QED) is 0.717. The molecular weight excluding hydrogens is 292 g/mol. The molecule has 0 unspecified atom stereocenters. The van der Waals surface area contributed by atoms with Gasteiger partial charge < -0.3 is 15.8 Å². The van der Waals surface area contributed by atoms with E-state index in [1.807, 2.05) is 37.3 Å². The van der Waals surface area contributed by atoms with Crippen molar-refractivity contribution in [1.29, 1.82) is 0 Å². The van der Waals surface area contributed by atoms with Crippen LogP contribution >= 0.6 is 12.4 Å². The van der Waals surface area contributed by atoms with E-state index in [4.69, 9.17) is 10.5 Å². The van der Waals surface area contributed by atoms with Gasteiger partial charge in [0.1, 0.15) is 12.6 Å². The van der Waals surface area contributed by atoms with E-state index in [2.05, 4.69) is 5.32 Å². The van der Waals surface area contributed by atoms with Crippen molar-refractivity contribution in [3.63, 3.8) is 0 Å². The van der Waals surface area contributed by atoms with Crippen LogP contribution in [0.25, 0.3) is 0 Å². The zero-order valence-electron chi connectivity index (χ0n) is 12.2. The molecule has 0 heterocycles. The molecule has 1 rings (SSSR count). The maximum absolute atomic E-state index is 11.7. The first-order valence-electron chi connectivity index (χ1n) is 6.86. The lowest BCUT2D eigenvalue weighted by molar-refractivity contribution is -0.146. The molecular formula is C15H23ClN2O3. The minimum absolute atomic E-state index is 0. The SMILES string of the molecule is CCCNC(=O)CC[C@H](N)C(=O)OCc1ccccc1.Cl. The number of halogens is 1. The van der Waals surface area contributed by atoms with E-state index in [-0.39, 0.29) is 31.3 Å². The second-order valence-electron chi connectivity index (χ2n) is 4.59. The van der Waals surface area contributed by atoms with Crippen LogP contribution in [0.15, 0.2) is 30.3 Å². The van der Waals surface area contributed by atoms with E-state index in [0.717, 1.165) is 12.0 Å². The van der Waals surface area contributed by atoms with Crippen LogP contribution in [0.2, 0.25) is 0 Å². The van der Waals surface area contributed by atoms with Gasteiger partial charge in [0.2, 0.25) is 5.91 Å². The number of nitrogens with one attached hydrogen (secondary N) is 1. The Morgan fingerprint density at radius 3 is 2.57 bits per heavy atom. The minimum atomic E-state index is -0.758. The van der Waals surface area contributed by atoms with Gasteiger partial charge in [-0.3, -0.25) is 9.59 Å². The molecule has 1 aromatic carbocycles. The topological polar surface area (TPSA) is 81.4 Å². The molecule has 1 atom stereocenters. The van der Waals surface area contributed by atoms with Gasteiger partial charge in [-0.2, -0.15) is 0 Å². The maximum Gasteiger partial charge on any atom is 0.323 e. The van der Waals surface area contributed by atoms with E-state index in [0.29, 0.717) is 13.0 Å². The molecule has 0 bridgehead atoms. The molecule has 0 radical (unpaired) electrons. The van der Waals surface area contributed by atoms with Crippen molar-refractivity contribution in [2.75, 3.05) is 6.54 Å². The lowest BCUT2D eigenvalue weighted by Gasteiger charge is -2.11. The summed E-state index contributed by atoms with van der Waals surface area (Å²) < 4.78 is 5.11. The molecule has 0 saturated carbocycles. The molecule has 1 aromatic rings. The highest BCUT2D eigenvalue weighted by molar-refractivity contribution is 5.85. The van der Waals surface area contributed by atoms with Crippen LogP contribution in [0.3, 0.4) is 0 Å². The molecule has 3 N–H and O–H groups in total. The Hall–Kier alpha value is -1.59. The Balaban J connectivity index is 0.00000400. The molecule has 0 saturated heterocycles. The fraction of sp³-hybridized carbons (Fsp3) is 0.467. The number of esters is 1. The molecule has 0 aliphatic heterocycles. The summed E-state index contributed by atoms with van der Waals surface area (Å²) in [7, 11) is 0. The van der Waals surface area contributed by atoms with E-state index in [1.54, 1.807) is 0 Å². The first kappa shape index (κ1) is 19.4. The fourth-order valence-electron chi connectivity index (χ4n) is 1.59. The van der Waals surface area contributed by atoms with Crippen molar-refractivity contribution in [2.45, 2.75) is 38.8 Å². The van der Waals surface area contributed by atoms with Crippen molar-refractivity contribution in [2.24, 2.45) is 5.73 Å². The standard InChI is InChI=1S/C15H22N2O3.ClH/c1-2-10-17-14(18)9-8-13(16)15(19)20-11-12-6-4-3-5-7-12;/h3-7,13H,2,8-11,16H2,1H3,(H,17,18);1H/t13-;/m0./s1. The number of rotatable bonds is 8. The molecule has 0 aliphatic carbocycles. The lowest BCUT2D eigenvalue weighted by Crippen LogP contribution is -2.34. The first-order chi connectivity index (χ1) is 9.63. The summed E-state index contributed by atoms with van der Waals surface area (Å²) in [6, 6.07) is 8.63. The summed E-state index contributed by atoms with van der Waals surface area (Å²) in [5.74, 6) is -0.560. The fourth-order valence-corrected chi connectivity index (χ4v) is 1.59.